The van der Waals surface area contributed by atoms with Crippen molar-refractivity contribution in [3.8, 4) is 0 Å². The minimum Gasteiger partial charge on any atom is -0.465 e. The fourth-order valence-corrected chi connectivity index (χ4v) is 3.57. The quantitative estimate of drug-likeness (QED) is 0.827. The topological polar surface area (TPSA) is 65.9 Å². The molecule has 0 amide bonds. The molecular weight excluding hydrogens is 278 g/mol. The third-order valence-corrected chi connectivity index (χ3v) is 4.54. The third kappa shape index (κ3) is 3.11. The standard InChI is InChI=1S/C13H21N3O3S/c1-8-11(12(18)19-4)20-13(14-8)16-7-10(17)5-9(16)6-15(2)3/h9-10,17H,5-7H2,1-4H3. The Hall–Kier alpha value is -1.18. The summed E-state index contributed by atoms with van der Waals surface area (Å²) in [6.07, 6.45) is 0.385. The van der Waals surface area contributed by atoms with E-state index in [4.69, 9.17) is 4.74 Å². The van der Waals surface area contributed by atoms with Gasteiger partial charge in [-0.1, -0.05) is 11.3 Å². The van der Waals surface area contributed by atoms with Crippen molar-refractivity contribution in [2.75, 3.05) is 39.2 Å². The average molecular weight is 299 g/mol. The molecule has 112 valence electrons. The molecule has 2 heterocycles. The van der Waals surface area contributed by atoms with Crippen LogP contribution >= 0.6 is 11.3 Å². The predicted molar refractivity (Wildman–Crippen MR) is 78.5 cm³/mol. The van der Waals surface area contributed by atoms with E-state index in [-0.39, 0.29) is 18.1 Å². The van der Waals surface area contributed by atoms with Crippen LogP contribution in [-0.4, -0.2) is 67.4 Å². The summed E-state index contributed by atoms with van der Waals surface area (Å²) in [5.74, 6) is -0.352. The average Bonchev–Trinajstić information content (AvgIpc) is 2.91. The second-order valence-corrected chi connectivity index (χ2v) is 6.34. The molecular formula is C13H21N3O3S. The molecule has 1 saturated heterocycles. The number of carbonyl (C=O) groups excluding carboxylic acids is 1. The van der Waals surface area contributed by atoms with Crippen LogP contribution in [0.5, 0.6) is 0 Å². The zero-order valence-electron chi connectivity index (χ0n) is 12.3. The number of hydrogen-bond acceptors (Lipinski definition) is 7. The summed E-state index contributed by atoms with van der Waals surface area (Å²) in [6.45, 7) is 3.22. The summed E-state index contributed by atoms with van der Waals surface area (Å²) >= 11 is 1.33. The lowest BCUT2D eigenvalue weighted by molar-refractivity contribution is 0.0605. The van der Waals surface area contributed by atoms with Crippen LogP contribution in [0.2, 0.25) is 0 Å². The van der Waals surface area contributed by atoms with Crippen LogP contribution < -0.4 is 4.90 Å². The Labute approximate surface area is 123 Å². The second-order valence-electron chi connectivity index (χ2n) is 5.36. The number of esters is 1. The van der Waals surface area contributed by atoms with Crippen LogP contribution in [-0.2, 0) is 4.74 Å². The van der Waals surface area contributed by atoms with Gasteiger partial charge >= 0.3 is 5.97 Å². The van der Waals surface area contributed by atoms with Gasteiger partial charge in [-0.3, -0.25) is 0 Å². The molecule has 0 saturated carbocycles. The number of thiazole rings is 1. The van der Waals surface area contributed by atoms with Gasteiger partial charge < -0.3 is 19.6 Å². The highest BCUT2D eigenvalue weighted by molar-refractivity contribution is 7.17. The second kappa shape index (κ2) is 6.07. The minimum absolute atomic E-state index is 0.219. The fourth-order valence-electron chi connectivity index (χ4n) is 2.51. The molecule has 7 heteroatoms. The van der Waals surface area contributed by atoms with Gasteiger partial charge in [-0.15, -0.1) is 0 Å². The molecule has 1 aromatic heterocycles. The molecule has 2 unspecified atom stereocenters. The molecule has 2 atom stereocenters. The van der Waals surface area contributed by atoms with Crippen LogP contribution in [0.4, 0.5) is 5.13 Å². The van der Waals surface area contributed by atoms with Crippen LogP contribution in [0.1, 0.15) is 21.8 Å². The molecule has 20 heavy (non-hydrogen) atoms. The molecule has 0 spiro atoms. The summed E-state index contributed by atoms with van der Waals surface area (Å²) in [4.78, 5) is 20.8. The van der Waals surface area contributed by atoms with E-state index in [0.29, 0.717) is 17.1 Å². The van der Waals surface area contributed by atoms with E-state index < -0.39 is 0 Å². The highest BCUT2D eigenvalue weighted by Gasteiger charge is 2.34. The van der Waals surface area contributed by atoms with E-state index in [1.54, 1.807) is 6.92 Å². The molecule has 1 aliphatic rings. The first-order chi connectivity index (χ1) is 9.42. The maximum absolute atomic E-state index is 11.7. The summed E-state index contributed by atoms with van der Waals surface area (Å²) in [7, 11) is 5.39. The van der Waals surface area contributed by atoms with Gasteiger partial charge in [0, 0.05) is 19.1 Å². The van der Waals surface area contributed by atoms with Crippen molar-refractivity contribution >= 4 is 22.4 Å². The first-order valence-corrected chi connectivity index (χ1v) is 7.39. The molecule has 1 fully saturated rings. The van der Waals surface area contributed by atoms with E-state index in [0.717, 1.165) is 18.1 Å². The number of nitrogens with zero attached hydrogens (tertiary/aromatic N) is 3. The van der Waals surface area contributed by atoms with Gasteiger partial charge in [0.05, 0.1) is 18.9 Å². The van der Waals surface area contributed by atoms with E-state index in [1.807, 2.05) is 14.1 Å². The molecule has 2 rings (SSSR count). The Morgan fingerprint density at radius 1 is 1.60 bits per heavy atom. The molecule has 0 bridgehead atoms. The highest BCUT2D eigenvalue weighted by atomic mass is 32.1. The zero-order chi connectivity index (χ0) is 14.9. The van der Waals surface area contributed by atoms with Gasteiger partial charge in [-0.25, -0.2) is 9.78 Å². The van der Waals surface area contributed by atoms with Gasteiger partial charge in [0.25, 0.3) is 0 Å². The van der Waals surface area contributed by atoms with Crippen molar-refractivity contribution in [2.45, 2.75) is 25.5 Å². The molecule has 0 aliphatic carbocycles. The molecule has 1 N–H and O–H groups in total. The van der Waals surface area contributed by atoms with E-state index in [1.165, 1.54) is 18.4 Å². The van der Waals surface area contributed by atoms with E-state index in [2.05, 4.69) is 14.8 Å². The van der Waals surface area contributed by atoms with Crippen LogP contribution in [0, 0.1) is 6.92 Å². The number of anilines is 1. The summed E-state index contributed by atoms with van der Waals surface area (Å²) in [6, 6.07) is 0.219. The maximum Gasteiger partial charge on any atom is 0.350 e. The normalized spacial score (nSPS) is 22.6. The van der Waals surface area contributed by atoms with Gasteiger partial charge in [-0.2, -0.15) is 0 Å². The Morgan fingerprint density at radius 2 is 2.30 bits per heavy atom. The van der Waals surface area contributed by atoms with Crippen LogP contribution in [0.25, 0.3) is 0 Å². The lowest BCUT2D eigenvalue weighted by Gasteiger charge is -2.26. The lowest BCUT2D eigenvalue weighted by atomic mass is 10.2. The summed E-state index contributed by atoms with van der Waals surface area (Å²) in [5, 5.41) is 10.7. The monoisotopic (exact) mass is 299 g/mol. The van der Waals surface area contributed by atoms with E-state index in [9.17, 15) is 9.90 Å². The van der Waals surface area contributed by atoms with Crippen molar-refractivity contribution in [1.29, 1.82) is 0 Å². The molecule has 0 aromatic carbocycles. The fraction of sp³-hybridized carbons (Fsp3) is 0.692. The molecule has 0 radical (unpaired) electrons. The number of likely N-dealkylation sites (N-methyl/N-ethyl adjacent to an activating group) is 1. The Balaban J connectivity index is 2.23. The van der Waals surface area contributed by atoms with Gasteiger partial charge in [0.1, 0.15) is 4.88 Å². The zero-order valence-corrected chi connectivity index (χ0v) is 13.1. The molecule has 6 nitrogen and oxygen atoms in total. The largest absolute Gasteiger partial charge is 0.465 e. The highest BCUT2D eigenvalue weighted by Crippen LogP contribution is 2.32. The maximum atomic E-state index is 11.7. The van der Waals surface area contributed by atoms with Crippen molar-refractivity contribution in [3.63, 3.8) is 0 Å². The van der Waals surface area contributed by atoms with Crippen molar-refractivity contribution in [2.24, 2.45) is 0 Å². The van der Waals surface area contributed by atoms with E-state index >= 15 is 0 Å². The van der Waals surface area contributed by atoms with Crippen LogP contribution in [0.3, 0.4) is 0 Å². The van der Waals surface area contributed by atoms with Gasteiger partial charge in [0.15, 0.2) is 5.13 Å². The number of aryl methyl sites for hydroxylation is 1. The predicted octanol–water partition coefficient (Wildman–Crippen LogP) is 0.739. The molecule has 1 aliphatic heterocycles. The number of rotatable bonds is 4. The Bertz CT molecular complexity index is 489. The first-order valence-electron chi connectivity index (χ1n) is 6.57. The number of aromatic nitrogens is 1. The number of aliphatic hydroxyl groups excluding tert-OH is 1. The number of ether oxygens (including phenoxy) is 1. The number of methoxy groups -OCH3 is 1. The summed E-state index contributed by atoms with van der Waals surface area (Å²) < 4.78 is 4.76. The first kappa shape index (κ1) is 15.2. The minimum atomic E-state index is -0.352. The van der Waals surface area contributed by atoms with Gasteiger partial charge in [0.2, 0.25) is 0 Å². The van der Waals surface area contributed by atoms with Crippen molar-refractivity contribution in [3.05, 3.63) is 10.6 Å². The lowest BCUT2D eigenvalue weighted by Crippen LogP contribution is -2.37. The smallest absolute Gasteiger partial charge is 0.350 e. The molecule has 1 aromatic rings. The van der Waals surface area contributed by atoms with Crippen molar-refractivity contribution < 1.29 is 14.6 Å². The van der Waals surface area contributed by atoms with Crippen LogP contribution in [0.15, 0.2) is 0 Å². The van der Waals surface area contributed by atoms with Crippen molar-refractivity contribution in [1.82, 2.24) is 9.88 Å². The SMILES string of the molecule is COC(=O)c1sc(N2CC(O)CC2CN(C)C)nc1C. The number of carbonyl (C=O) groups is 1. The third-order valence-electron chi connectivity index (χ3n) is 3.37. The number of hydrogen-bond donors (Lipinski definition) is 1. The Kier molecular flexibility index (Phi) is 4.62. The number of β-amino-alcohol motifs (C(OH)–C–C–N with tert-alkyl or cyclic N) is 1. The number of aliphatic hydroxyl groups is 1. The Morgan fingerprint density at radius 3 is 2.90 bits per heavy atom. The van der Waals surface area contributed by atoms with Gasteiger partial charge in [-0.05, 0) is 27.4 Å². The summed E-state index contributed by atoms with van der Waals surface area (Å²) in [5.41, 5.74) is 0.682.